The minimum atomic E-state index is -1.84. The quantitative estimate of drug-likeness (QED) is 0.131. The van der Waals surface area contributed by atoms with Gasteiger partial charge in [0.15, 0.2) is 12.2 Å². The molecule has 0 bridgehead atoms. The van der Waals surface area contributed by atoms with Gasteiger partial charge in [-0.15, -0.1) is 0 Å². The predicted molar refractivity (Wildman–Crippen MR) is 174 cm³/mol. The summed E-state index contributed by atoms with van der Waals surface area (Å²) in [5.41, 5.74) is 0.986. The highest BCUT2D eigenvalue weighted by molar-refractivity contribution is 6.42. The van der Waals surface area contributed by atoms with E-state index in [1.807, 2.05) is 37.3 Å². The summed E-state index contributed by atoms with van der Waals surface area (Å²) in [7, 11) is 0. The van der Waals surface area contributed by atoms with Gasteiger partial charge in [-0.05, 0) is 72.9 Å². The van der Waals surface area contributed by atoms with E-state index in [0.717, 1.165) is 6.42 Å². The average molecular weight is 661 g/mol. The molecule has 0 fully saturated rings. The number of amides is 3. The summed E-state index contributed by atoms with van der Waals surface area (Å²) in [6.45, 7) is 5.65. The molecule has 0 aliphatic heterocycles. The Morgan fingerprint density at radius 1 is 0.867 bits per heavy atom. The van der Waals surface area contributed by atoms with E-state index >= 15 is 0 Å². The van der Waals surface area contributed by atoms with Crippen molar-refractivity contribution in [1.82, 2.24) is 10.6 Å². The van der Waals surface area contributed by atoms with Gasteiger partial charge in [-0.25, -0.2) is 4.79 Å². The lowest BCUT2D eigenvalue weighted by Gasteiger charge is -2.30. The standard InChI is InChI=1S/C33H39Cl2N3O7/c1-4-5-17-36-31(41)29(40)28(39)27(19-21-11-16-25(34)26(35)18-21)38-32(42)30(20(2)3)45-33(43)37-22-12-14-24(15-13-22)44-23-9-7-6-8-10-23/h6-16,18,20,27-30,39-40H,4-5,17,19H2,1-3H3,(H,36,41)(H,37,43)(H,38,42)/t27?,28?,29?,30-/m0/s1. The van der Waals surface area contributed by atoms with Crippen LogP contribution in [0.5, 0.6) is 11.5 Å². The molecule has 0 aliphatic rings. The maximum Gasteiger partial charge on any atom is 0.412 e. The molecular formula is C33H39Cl2N3O7. The number of benzene rings is 3. The molecule has 3 unspecified atom stereocenters. The van der Waals surface area contributed by atoms with Crippen LogP contribution in [0.25, 0.3) is 0 Å². The molecule has 0 aromatic heterocycles. The number of para-hydroxylation sites is 1. The molecule has 242 valence electrons. The molecule has 45 heavy (non-hydrogen) atoms. The number of rotatable bonds is 15. The highest BCUT2D eigenvalue weighted by Crippen LogP contribution is 2.25. The number of anilines is 1. The van der Waals surface area contributed by atoms with Gasteiger partial charge in [0.2, 0.25) is 0 Å². The van der Waals surface area contributed by atoms with E-state index in [0.29, 0.717) is 40.7 Å². The van der Waals surface area contributed by atoms with Crippen LogP contribution in [0, 0.1) is 5.92 Å². The van der Waals surface area contributed by atoms with Gasteiger partial charge in [0, 0.05) is 12.2 Å². The third-order valence-corrected chi connectivity index (χ3v) is 7.52. The lowest BCUT2D eigenvalue weighted by Crippen LogP contribution is -2.56. The molecule has 0 aliphatic carbocycles. The fourth-order valence-corrected chi connectivity index (χ4v) is 4.62. The first-order chi connectivity index (χ1) is 21.5. The van der Waals surface area contributed by atoms with Crippen LogP contribution in [-0.2, 0) is 20.7 Å². The molecule has 0 radical (unpaired) electrons. The number of nitrogens with one attached hydrogen (secondary N) is 3. The number of aliphatic hydroxyl groups excluding tert-OH is 2. The molecule has 5 N–H and O–H groups in total. The Morgan fingerprint density at radius 3 is 2.16 bits per heavy atom. The summed E-state index contributed by atoms with van der Waals surface area (Å²) in [6.07, 6.45) is -4.19. The summed E-state index contributed by atoms with van der Waals surface area (Å²) in [5.74, 6) is -0.750. The van der Waals surface area contributed by atoms with Crippen LogP contribution in [0.2, 0.25) is 10.0 Å². The molecule has 12 heteroatoms. The second-order valence-electron chi connectivity index (χ2n) is 10.8. The number of hydrogen-bond donors (Lipinski definition) is 5. The Morgan fingerprint density at radius 2 is 1.53 bits per heavy atom. The molecule has 3 aromatic carbocycles. The van der Waals surface area contributed by atoms with Gasteiger partial charge in [0.05, 0.1) is 16.1 Å². The van der Waals surface area contributed by atoms with Crippen LogP contribution < -0.4 is 20.7 Å². The van der Waals surface area contributed by atoms with Crippen molar-refractivity contribution >= 4 is 46.8 Å². The SMILES string of the molecule is CCCCNC(=O)C(O)C(O)C(Cc1ccc(Cl)c(Cl)c1)NC(=O)[C@@H](OC(=O)Nc1ccc(Oc2ccccc2)cc1)C(C)C. The fraction of sp³-hybridized carbons (Fsp3) is 0.364. The van der Waals surface area contributed by atoms with Crippen LogP contribution in [0.4, 0.5) is 10.5 Å². The van der Waals surface area contributed by atoms with E-state index < -0.39 is 48.2 Å². The van der Waals surface area contributed by atoms with Crippen LogP contribution in [0.3, 0.4) is 0 Å². The van der Waals surface area contributed by atoms with Crippen LogP contribution in [-0.4, -0.2) is 59.0 Å². The monoisotopic (exact) mass is 659 g/mol. The van der Waals surface area contributed by atoms with Gasteiger partial charge in [0.25, 0.3) is 11.8 Å². The van der Waals surface area contributed by atoms with Crippen molar-refractivity contribution in [1.29, 1.82) is 0 Å². The molecule has 0 saturated heterocycles. The second kappa shape index (κ2) is 17.6. The maximum atomic E-state index is 13.4. The zero-order valence-corrected chi connectivity index (χ0v) is 26.8. The molecule has 0 spiro atoms. The van der Waals surface area contributed by atoms with Gasteiger partial charge >= 0.3 is 6.09 Å². The Labute approximate surface area is 273 Å². The van der Waals surface area contributed by atoms with E-state index in [9.17, 15) is 24.6 Å². The first kappa shape index (κ1) is 35.6. The summed E-state index contributed by atoms with van der Waals surface area (Å²) >= 11 is 12.2. The smallest absolute Gasteiger partial charge is 0.412 e. The number of unbranched alkanes of at least 4 members (excludes halogenated alkanes) is 1. The molecule has 3 rings (SSSR count). The van der Waals surface area contributed by atoms with E-state index in [2.05, 4.69) is 16.0 Å². The van der Waals surface area contributed by atoms with Gasteiger partial charge in [-0.3, -0.25) is 14.9 Å². The van der Waals surface area contributed by atoms with E-state index in [1.54, 1.807) is 56.3 Å². The predicted octanol–water partition coefficient (Wildman–Crippen LogP) is 5.72. The third kappa shape index (κ3) is 11.2. The molecule has 3 aromatic rings. The summed E-state index contributed by atoms with van der Waals surface area (Å²) in [6, 6.07) is 19.4. The first-order valence-corrected chi connectivity index (χ1v) is 15.4. The molecular weight excluding hydrogens is 621 g/mol. The Balaban J connectivity index is 1.70. The summed E-state index contributed by atoms with van der Waals surface area (Å²) < 4.78 is 11.2. The number of carbonyl (C=O) groups excluding carboxylic acids is 3. The number of carbonyl (C=O) groups is 3. The van der Waals surface area contributed by atoms with Crippen molar-refractivity contribution in [2.45, 2.75) is 64.4 Å². The lowest BCUT2D eigenvalue weighted by molar-refractivity contribution is -0.140. The first-order valence-electron chi connectivity index (χ1n) is 14.7. The summed E-state index contributed by atoms with van der Waals surface area (Å²) in [5, 5.41) is 30.1. The molecule has 4 atom stereocenters. The Bertz CT molecular complexity index is 1410. The largest absolute Gasteiger partial charge is 0.457 e. The minimum Gasteiger partial charge on any atom is -0.457 e. The van der Waals surface area contributed by atoms with E-state index in [1.165, 1.54) is 0 Å². The van der Waals surface area contributed by atoms with E-state index in [-0.39, 0.29) is 11.4 Å². The number of aliphatic hydroxyl groups is 2. The van der Waals surface area contributed by atoms with Gasteiger partial charge in [0.1, 0.15) is 17.6 Å². The fourth-order valence-electron chi connectivity index (χ4n) is 4.30. The molecule has 3 amide bonds. The second-order valence-corrected chi connectivity index (χ2v) is 11.6. The van der Waals surface area contributed by atoms with Crippen molar-refractivity contribution in [2.75, 3.05) is 11.9 Å². The number of ether oxygens (including phenoxy) is 2. The number of halogens is 2. The number of hydrogen-bond acceptors (Lipinski definition) is 7. The normalized spacial score (nSPS) is 13.7. The minimum absolute atomic E-state index is 0.0164. The molecule has 10 nitrogen and oxygen atoms in total. The third-order valence-electron chi connectivity index (χ3n) is 6.78. The van der Waals surface area contributed by atoms with Crippen molar-refractivity contribution in [3.05, 3.63) is 88.4 Å². The van der Waals surface area contributed by atoms with Gasteiger partial charge in [-0.2, -0.15) is 0 Å². The Hall–Kier alpha value is -3.83. The maximum absolute atomic E-state index is 13.4. The zero-order valence-electron chi connectivity index (χ0n) is 25.3. The topological polar surface area (TPSA) is 146 Å². The van der Waals surface area contributed by atoms with Crippen LogP contribution in [0.15, 0.2) is 72.8 Å². The zero-order chi connectivity index (χ0) is 32.9. The summed E-state index contributed by atoms with van der Waals surface area (Å²) in [4.78, 5) is 38.8. The van der Waals surface area contributed by atoms with Crippen molar-refractivity contribution < 1.29 is 34.1 Å². The molecule has 0 heterocycles. The average Bonchev–Trinajstić information content (AvgIpc) is 3.02. The van der Waals surface area contributed by atoms with Gasteiger partial charge in [-0.1, -0.05) is 74.7 Å². The van der Waals surface area contributed by atoms with Gasteiger partial charge < -0.3 is 30.3 Å². The highest BCUT2D eigenvalue weighted by Gasteiger charge is 2.35. The Kier molecular flexibility index (Phi) is 13.9. The van der Waals surface area contributed by atoms with Crippen molar-refractivity contribution in [3.8, 4) is 11.5 Å². The highest BCUT2D eigenvalue weighted by atomic mass is 35.5. The van der Waals surface area contributed by atoms with Crippen molar-refractivity contribution in [2.24, 2.45) is 5.92 Å². The van der Waals surface area contributed by atoms with Crippen LogP contribution in [0.1, 0.15) is 39.2 Å². The van der Waals surface area contributed by atoms with E-state index in [4.69, 9.17) is 32.7 Å². The molecule has 0 saturated carbocycles. The lowest BCUT2D eigenvalue weighted by atomic mass is 9.96. The van der Waals surface area contributed by atoms with Crippen LogP contribution >= 0.6 is 23.2 Å². The van der Waals surface area contributed by atoms with Crippen molar-refractivity contribution in [3.63, 3.8) is 0 Å².